The number of carbonyl (C=O) groups is 1. The van der Waals surface area contributed by atoms with E-state index in [4.69, 9.17) is 0 Å². The number of amides is 1. The van der Waals surface area contributed by atoms with E-state index in [0.717, 1.165) is 42.9 Å². The molecule has 0 radical (unpaired) electrons. The second-order valence-electron chi connectivity index (χ2n) is 7.21. The molecule has 1 unspecified atom stereocenters. The van der Waals surface area contributed by atoms with Gasteiger partial charge in [0, 0.05) is 25.3 Å². The lowest BCUT2D eigenvalue weighted by atomic mass is 10.2. The SMILES string of the molecule is Cc1nn(-c2ccccc2)cc1C(=O)N1CCCC1CN1CCCC1. The highest BCUT2D eigenvalue weighted by Gasteiger charge is 2.32. The summed E-state index contributed by atoms with van der Waals surface area (Å²) >= 11 is 0. The fraction of sp³-hybridized carbons (Fsp3) is 0.500. The molecule has 2 fully saturated rings. The van der Waals surface area contributed by atoms with E-state index < -0.39 is 0 Å². The van der Waals surface area contributed by atoms with Crippen LogP contribution in [0.1, 0.15) is 41.7 Å². The number of hydrogen-bond donors (Lipinski definition) is 0. The largest absolute Gasteiger partial charge is 0.334 e. The van der Waals surface area contributed by atoms with Crippen molar-refractivity contribution in [2.24, 2.45) is 0 Å². The van der Waals surface area contributed by atoms with Crippen LogP contribution in [0.3, 0.4) is 0 Å². The highest BCUT2D eigenvalue weighted by molar-refractivity contribution is 5.95. The number of aromatic nitrogens is 2. The summed E-state index contributed by atoms with van der Waals surface area (Å²) in [4.78, 5) is 17.7. The molecule has 5 heteroatoms. The Morgan fingerprint density at radius 2 is 1.88 bits per heavy atom. The van der Waals surface area contributed by atoms with Gasteiger partial charge in [-0.2, -0.15) is 5.10 Å². The average Bonchev–Trinajstić information content (AvgIpc) is 3.37. The molecule has 25 heavy (non-hydrogen) atoms. The van der Waals surface area contributed by atoms with Gasteiger partial charge in [-0.15, -0.1) is 0 Å². The van der Waals surface area contributed by atoms with Gasteiger partial charge in [0.2, 0.25) is 0 Å². The van der Waals surface area contributed by atoms with E-state index in [2.05, 4.69) is 14.9 Å². The Balaban J connectivity index is 1.52. The molecular formula is C20H26N4O. The number of hydrogen-bond acceptors (Lipinski definition) is 3. The summed E-state index contributed by atoms with van der Waals surface area (Å²) in [5.41, 5.74) is 2.53. The number of rotatable bonds is 4. The van der Waals surface area contributed by atoms with Gasteiger partial charge in [0.05, 0.1) is 16.9 Å². The minimum atomic E-state index is 0.140. The second kappa shape index (κ2) is 7.00. The molecule has 1 aromatic heterocycles. The maximum Gasteiger partial charge on any atom is 0.257 e. The molecule has 5 nitrogen and oxygen atoms in total. The fourth-order valence-electron chi connectivity index (χ4n) is 4.09. The van der Waals surface area contributed by atoms with Crippen LogP contribution in [0.25, 0.3) is 5.69 Å². The van der Waals surface area contributed by atoms with Crippen molar-refractivity contribution in [1.29, 1.82) is 0 Å². The first kappa shape index (κ1) is 16.3. The summed E-state index contributed by atoms with van der Waals surface area (Å²) < 4.78 is 1.81. The van der Waals surface area contributed by atoms with Crippen LogP contribution in [0, 0.1) is 6.92 Å². The zero-order valence-electron chi connectivity index (χ0n) is 14.9. The van der Waals surface area contributed by atoms with E-state index in [9.17, 15) is 4.79 Å². The van der Waals surface area contributed by atoms with Crippen LogP contribution in [0.4, 0.5) is 0 Å². The topological polar surface area (TPSA) is 41.4 Å². The van der Waals surface area contributed by atoms with Gasteiger partial charge in [0.25, 0.3) is 5.91 Å². The molecule has 0 saturated carbocycles. The van der Waals surface area contributed by atoms with Crippen LogP contribution in [0.2, 0.25) is 0 Å². The third-order valence-corrected chi connectivity index (χ3v) is 5.46. The van der Waals surface area contributed by atoms with Gasteiger partial charge in [-0.05, 0) is 57.8 Å². The lowest BCUT2D eigenvalue weighted by molar-refractivity contribution is 0.0708. The summed E-state index contributed by atoms with van der Waals surface area (Å²) in [6.07, 6.45) is 6.70. The highest BCUT2D eigenvalue weighted by atomic mass is 16.2. The molecule has 2 saturated heterocycles. The fourth-order valence-corrected chi connectivity index (χ4v) is 4.09. The van der Waals surface area contributed by atoms with Gasteiger partial charge in [0.1, 0.15) is 0 Å². The molecule has 0 bridgehead atoms. The van der Waals surface area contributed by atoms with E-state index >= 15 is 0 Å². The molecule has 0 N–H and O–H groups in total. The first-order valence-electron chi connectivity index (χ1n) is 9.37. The van der Waals surface area contributed by atoms with Gasteiger partial charge < -0.3 is 9.80 Å². The summed E-state index contributed by atoms with van der Waals surface area (Å²) in [5.74, 6) is 0.140. The number of carbonyl (C=O) groups excluding carboxylic acids is 1. The van der Waals surface area contributed by atoms with Gasteiger partial charge in [-0.1, -0.05) is 18.2 Å². The molecule has 2 aromatic rings. The normalized spacial score (nSPS) is 21.2. The van der Waals surface area contributed by atoms with Crippen molar-refractivity contribution < 1.29 is 4.79 Å². The summed E-state index contributed by atoms with van der Waals surface area (Å²) in [6, 6.07) is 10.3. The van der Waals surface area contributed by atoms with Crippen molar-refractivity contribution in [3.63, 3.8) is 0 Å². The lowest BCUT2D eigenvalue weighted by Gasteiger charge is -2.28. The number of nitrogens with zero attached hydrogens (tertiary/aromatic N) is 4. The van der Waals surface area contributed by atoms with Crippen molar-refractivity contribution in [3.8, 4) is 5.69 Å². The third kappa shape index (κ3) is 3.33. The van der Waals surface area contributed by atoms with E-state index in [0.29, 0.717) is 6.04 Å². The quantitative estimate of drug-likeness (QED) is 0.861. The average molecular weight is 338 g/mol. The second-order valence-corrected chi connectivity index (χ2v) is 7.21. The minimum absolute atomic E-state index is 0.140. The smallest absolute Gasteiger partial charge is 0.257 e. The van der Waals surface area contributed by atoms with E-state index in [1.165, 1.54) is 25.9 Å². The van der Waals surface area contributed by atoms with Crippen molar-refractivity contribution >= 4 is 5.91 Å². The monoisotopic (exact) mass is 338 g/mol. The van der Waals surface area contributed by atoms with E-state index in [1.807, 2.05) is 48.1 Å². The standard InChI is InChI=1S/C20H26N4O/c1-16-19(15-24(21-16)17-8-3-2-4-9-17)20(25)23-13-7-10-18(23)14-22-11-5-6-12-22/h2-4,8-9,15,18H,5-7,10-14H2,1H3. The van der Waals surface area contributed by atoms with Crippen LogP contribution in [0.5, 0.6) is 0 Å². The zero-order valence-corrected chi connectivity index (χ0v) is 14.9. The Labute approximate surface area is 149 Å². The molecule has 1 aromatic carbocycles. The maximum atomic E-state index is 13.2. The zero-order chi connectivity index (χ0) is 17.2. The van der Waals surface area contributed by atoms with Gasteiger partial charge in [0.15, 0.2) is 0 Å². The van der Waals surface area contributed by atoms with Gasteiger partial charge in [-0.25, -0.2) is 4.68 Å². The van der Waals surface area contributed by atoms with Gasteiger partial charge in [-0.3, -0.25) is 4.79 Å². The molecule has 2 aliphatic heterocycles. The molecule has 0 aliphatic carbocycles. The molecule has 2 aliphatic rings. The van der Waals surface area contributed by atoms with Crippen molar-refractivity contribution in [3.05, 3.63) is 47.8 Å². The Kier molecular flexibility index (Phi) is 4.57. The molecule has 1 amide bonds. The third-order valence-electron chi connectivity index (χ3n) is 5.46. The summed E-state index contributed by atoms with van der Waals surface area (Å²) in [5, 5.41) is 4.56. The Bertz CT molecular complexity index is 733. The van der Waals surface area contributed by atoms with Crippen LogP contribution < -0.4 is 0 Å². The van der Waals surface area contributed by atoms with Crippen LogP contribution in [-0.4, -0.2) is 57.7 Å². The minimum Gasteiger partial charge on any atom is -0.334 e. The van der Waals surface area contributed by atoms with Crippen molar-refractivity contribution in [2.75, 3.05) is 26.2 Å². The molecule has 3 heterocycles. The van der Waals surface area contributed by atoms with Crippen LogP contribution in [0.15, 0.2) is 36.5 Å². The number of benzene rings is 1. The summed E-state index contributed by atoms with van der Waals surface area (Å²) in [7, 11) is 0. The van der Waals surface area contributed by atoms with Gasteiger partial charge >= 0.3 is 0 Å². The summed E-state index contributed by atoms with van der Waals surface area (Å²) in [6.45, 7) is 6.19. The maximum absolute atomic E-state index is 13.2. The van der Waals surface area contributed by atoms with Crippen LogP contribution >= 0.6 is 0 Å². The van der Waals surface area contributed by atoms with E-state index in [1.54, 1.807) is 0 Å². The first-order valence-corrected chi connectivity index (χ1v) is 9.37. The van der Waals surface area contributed by atoms with Crippen molar-refractivity contribution in [2.45, 2.75) is 38.6 Å². The molecule has 132 valence electrons. The Morgan fingerprint density at radius 3 is 2.64 bits per heavy atom. The van der Waals surface area contributed by atoms with Crippen LogP contribution in [-0.2, 0) is 0 Å². The predicted octanol–water partition coefficient (Wildman–Crippen LogP) is 2.88. The highest BCUT2D eigenvalue weighted by Crippen LogP contribution is 2.24. The number of likely N-dealkylation sites (tertiary alicyclic amines) is 2. The predicted molar refractivity (Wildman–Crippen MR) is 98.0 cm³/mol. The Hall–Kier alpha value is -2.14. The lowest BCUT2D eigenvalue weighted by Crippen LogP contribution is -2.42. The van der Waals surface area contributed by atoms with Crippen molar-refractivity contribution in [1.82, 2.24) is 19.6 Å². The molecule has 1 atom stereocenters. The molecular weight excluding hydrogens is 312 g/mol. The molecule has 0 spiro atoms. The Morgan fingerprint density at radius 1 is 1.12 bits per heavy atom. The first-order chi connectivity index (χ1) is 12.2. The number of aryl methyl sites for hydroxylation is 1. The molecule has 4 rings (SSSR count). The number of para-hydroxylation sites is 1. The van der Waals surface area contributed by atoms with E-state index in [-0.39, 0.29) is 5.91 Å².